The van der Waals surface area contributed by atoms with E-state index in [1.165, 1.54) is 12.4 Å². The average molecular weight is 139 g/mol. The van der Waals surface area contributed by atoms with Crippen LogP contribution in [0, 0.1) is 0 Å². The van der Waals surface area contributed by atoms with Crippen LogP contribution in [0.5, 0.6) is 0 Å². The summed E-state index contributed by atoms with van der Waals surface area (Å²) in [7, 11) is 0. The summed E-state index contributed by atoms with van der Waals surface area (Å²) in [5, 5.41) is 8.94. The van der Waals surface area contributed by atoms with E-state index in [9.17, 15) is 4.79 Å². The van der Waals surface area contributed by atoms with Crippen molar-refractivity contribution < 1.29 is 9.63 Å². The van der Waals surface area contributed by atoms with Gasteiger partial charge in [-0.05, 0) is 0 Å². The van der Waals surface area contributed by atoms with Crippen molar-refractivity contribution >= 4 is 12.7 Å². The Labute approximate surface area is 56.7 Å². The van der Waals surface area contributed by atoms with Crippen molar-refractivity contribution in [3.05, 3.63) is 18.0 Å². The van der Waals surface area contributed by atoms with Crippen molar-refractivity contribution in [2.24, 2.45) is 5.16 Å². The van der Waals surface area contributed by atoms with Gasteiger partial charge in [0, 0.05) is 12.9 Å². The third kappa shape index (κ3) is 1.19. The summed E-state index contributed by atoms with van der Waals surface area (Å²) < 4.78 is 0. The van der Waals surface area contributed by atoms with Crippen LogP contribution in [-0.4, -0.2) is 22.9 Å². The van der Waals surface area contributed by atoms with Gasteiger partial charge in [0.1, 0.15) is 0 Å². The quantitative estimate of drug-likeness (QED) is 0.361. The van der Waals surface area contributed by atoms with Crippen molar-refractivity contribution in [3.8, 4) is 0 Å². The highest BCUT2D eigenvalue weighted by atomic mass is 16.7. The number of hydrogen-bond acceptors (Lipinski definition) is 4. The fourth-order valence-electron chi connectivity index (χ4n) is 0.474. The molecule has 0 aliphatic heterocycles. The standard InChI is InChI=1S/C5H5N3O2/c1-6-10-5(9)4-2-7-8-3-4/h2-3H,1H2,(H,7,8). The van der Waals surface area contributed by atoms with E-state index in [0.717, 1.165) is 0 Å². The fraction of sp³-hybridized carbons (Fsp3) is 0. The van der Waals surface area contributed by atoms with Crippen LogP contribution in [0.3, 0.4) is 0 Å². The van der Waals surface area contributed by atoms with Gasteiger partial charge in [-0.1, -0.05) is 5.16 Å². The molecule has 0 atom stereocenters. The van der Waals surface area contributed by atoms with E-state index < -0.39 is 5.97 Å². The van der Waals surface area contributed by atoms with Gasteiger partial charge < -0.3 is 4.84 Å². The van der Waals surface area contributed by atoms with Crippen molar-refractivity contribution in [2.45, 2.75) is 0 Å². The molecule has 0 fully saturated rings. The highest BCUT2D eigenvalue weighted by molar-refractivity contribution is 5.88. The lowest BCUT2D eigenvalue weighted by molar-refractivity contribution is 0.0521. The highest BCUT2D eigenvalue weighted by Crippen LogP contribution is 1.96. The number of carbonyl (C=O) groups excluding carboxylic acids is 1. The van der Waals surface area contributed by atoms with E-state index in [2.05, 4.69) is 26.9 Å². The lowest BCUT2D eigenvalue weighted by Gasteiger charge is -1.88. The Bertz CT molecular complexity index is 229. The molecule has 0 spiro atoms. The summed E-state index contributed by atoms with van der Waals surface area (Å²) in [4.78, 5) is 14.9. The predicted molar refractivity (Wildman–Crippen MR) is 33.6 cm³/mol. The lowest BCUT2D eigenvalue weighted by atomic mass is 10.4. The summed E-state index contributed by atoms with van der Waals surface area (Å²) in [6.45, 7) is 2.99. The molecule has 5 nitrogen and oxygen atoms in total. The van der Waals surface area contributed by atoms with Gasteiger partial charge in [-0.3, -0.25) is 5.10 Å². The molecule has 0 aliphatic carbocycles. The van der Waals surface area contributed by atoms with Crippen molar-refractivity contribution in [3.63, 3.8) is 0 Å². The molecule has 1 aromatic heterocycles. The van der Waals surface area contributed by atoms with Crippen LogP contribution in [0.25, 0.3) is 0 Å². The normalized spacial score (nSPS) is 8.80. The second-order valence-electron chi connectivity index (χ2n) is 1.49. The zero-order valence-electron chi connectivity index (χ0n) is 5.07. The number of carbonyl (C=O) groups is 1. The molecule has 0 unspecified atom stereocenters. The van der Waals surface area contributed by atoms with Crippen molar-refractivity contribution in [1.82, 2.24) is 10.2 Å². The highest BCUT2D eigenvalue weighted by Gasteiger charge is 2.05. The summed E-state index contributed by atoms with van der Waals surface area (Å²) in [6, 6.07) is 0. The van der Waals surface area contributed by atoms with Crippen molar-refractivity contribution in [1.29, 1.82) is 0 Å². The van der Waals surface area contributed by atoms with Gasteiger partial charge in [-0.2, -0.15) is 5.10 Å². The van der Waals surface area contributed by atoms with Crippen LogP contribution >= 0.6 is 0 Å². The van der Waals surface area contributed by atoms with Crippen LogP contribution in [0.1, 0.15) is 10.4 Å². The van der Waals surface area contributed by atoms with Gasteiger partial charge >= 0.3 is 5.97 Å². The summed E-state index contributed by atoms with van der Waals surface area (Å²) in [5.74, 6) is -0.566. The molecule has 0 bridgehead atoms. The van der Waals surface area contributed by atoms with Crippen LogP contribution in [0.15, 0.2) is 17.5 Å². The SMILES string of the molecule is C=NOC(=O)c1cn[nH]c1. The average Bonchev–Trinajstić information content (AvgIpc) is 2.38. The Hall–Kier alpha value is -1.65. The predicted octanol–water partition coefficient (Wildman–Crippen LogP) is 0.182. The van der Waals surface area contributed by atoms with E-state index in [1.807, 2.05) is 0 Å². The molecule has 0 amide bonds. The third-order valence-electron chi connectivity index (χ3n) is 0.881. The maximum absolute atomic E-state index is 10.7. The summed E-state index contributed by atoms with van der Waals surface area (Å²) in [5.41, 5.74) is 0.326. The monoisotopic (exact) mass is 139 g/mol. The number of nitrogens with zero attached hydrogens (tertiary/aromatic N) is 2. The molecule has 1 N–H and O–H groups in total. The minimum absolute atomic E-state index is 0.326. The topological polar surface area (TPSA) is 67.3 Å². The van der Waals surface area contributed by atoms with Crippen LogP contribution < -0.4 is 0 Å². The number of rotatable bonds is 2. The molecule has 0 saturated heterocycles. The molecule has 5 heteroatoms. The zero-order valence-corrected chi connectivity index (χ0v) is 5.07. The molecular formula is C5H5N3O2. The van der Waals surface area contributed by atoms with Gasteiger partial charge in [0.15, 0.2) is 0 Å². The Balaban J connectivity index is 2.68. The smallest absolute Gasteiger partial charge is 0.313 e. The molecule has 0 radical (unpaired) electrons. The van der Waals surface area contributed by atoms with Crippen LogP contribution in [-0.2, 0) is 4.84 Å². The second-order valence-corrected chi connectivity index (χ2v) is 1.49. The molecule has 0 aromatic carbocycles. The minimum atomic E-state index is -0.566. The number of aromatic nitrogens is 2. The lowest BCUT2D eigenvalue weighted by Crippen LogP contribution is -1.97. The van der Waals surface area contributed by atoms with Gasteiger partial charge in [0.2, 0.25) is 0 Å². The fourth-order valence-corrected chi connectivity index (χ4v) is 0.474. The summed E-state index contributed by atoms with van der Waals surface area (Å²) in [6.07, 6.45) is 2.75. The van der Waals surface area contributed by atoms with Crippen molar-refractivity contribution in [2.75, 3.05) is 0 Å². The molecule has 1 rings (SSSR count). The van der Waals surface area contributed by atoms with E-state index in [0.29, 0.717) is 5.56 Å². The zero-order chi connectivity index (χ0) is 7.40. The molecular weight excluding hydrogens is 134 g/mol. The minimum Gasteiger partial charge on any atom is -0.313 e. The Kier molecular flexibility index (Phi) is 1.79. The van der Waals surface area contributed by atoms with E-state index in [4.69, 9.17) is 0 Å². The van der Waals surface area contributed by atoms with Gasteiger partial charge in [0.05, 0.1) is 11.8 Å². The first-order valence-electron chi connectivity index (χ1n) is 2.50. The number of nitrogens with one attached hydrogen (secondary N) is 1. The van der Waals surface area contributed by atoms with E-state index in [-0.39, 0.29) is 0 Å². The molecule has 1 aromatic rings. The number of aromatic amines is 1. The van der Waals surface area contributed by atoms with E-state index in [1.54, 1.807) is 0 Å². The van der Waals surface area contributed by atoms with Crippen LogP contribution in [0.2, 0.25) is 0 Å². The first-order valence-corrected chi connectivity index (χ1v) is 2.50. The van der Waals surface area contributed by atoms with Gasteiger partial charge in [-0.15, -0.1) is 0 Å². The van der Waals surface area contributed by atoms with Crippen LogP contribution in [0.4, 0.5) is 0 Å². The Morgan fingerprint density at radius 3 is 3.20 bits per heavy atom. The number of hydrogen-bond donors (Lipinski definition) is 1. The largest absolute Gasteiger partial charge is 0.368 e. The third-order valence-corrected chi connectivity index (χ3v) is 0.881. The summed E-state index contributed by atoms with van der Waals surface area (Å²) >= 11 is 0. The van der Waals surface area contributed by atoms with E-state index >= 15 is 0 Å². The van der Waals surface area contributed by atoms with Gasteiger partial charge in [-0.25, -0.2) is 4.79 Å². The first-order chi connectivity index (χ1) is 4.84. The van der Waals surface area contributed by atoms with Gasteiger partial charge in [0.25, 0.3) is 0 Å². The Morgan fingerprint density at radius 1 is 1.90 bits per heavy atom. The molecule has 0 aliphatic rings. The Morgan fingerprint density at radius 2 is 2.70 bits per heavy atom. The molecule has 1 heterocycles. The second kappa shape index (κ2) is 2.77. The number of oxime groups is 1. The maximum Gasteiger partial charge on any atom is 0.368 e. The maximum atomic E-state index is 10.7. The molecule has 10 heavy (non-hydrogen) atoms. The molecule has 52 valence electrons. The number of H-pyrrole nitrogens is 1. The first kappa shape index (κ1) is 6.47. The molecule has 0 saturated carbocycles.